The molecular weight excluding hydrogens is 425 g/mol. The summed E-state index contributed by atoms with van der Waals surface area (Å²) in [5.41, 5.74) is 0. The van der Waals surface area contributed by atoms with E-state index in [1.807, 2.05) is 6.07 Å². The Morgan fingerprint density at radius 1 is 1.16 bits per heavy atom. The second-order valence-corrected chi connectivity index (χ2v) is 10.7. The fraction of sp³-hybridized carbons (Fsp3) is 0.667. The summed E-state index contributed by atoms with van der Waals surface area (Å²) < 4.78 is 19.6. The molecule has 2 heterocycles. The van der Waals surface area contributed by atoms with Gasteiger partial charge in [-0.1, -0.05) is 0 Å². The van der Waals surface area contributed by atoms with Crippen LogP contribution in [-0.4, -0.2) is 72.1 Å². The maximum absolute atomic E-state index is 13.8. The number of aromatic nitrogens is 1. The molecule has 2 aromatic rings. The van der Waals surface area contributed by atoms with Gasteiger partial charge in [-0.2, -0.15) is 4.37 Å². The van der Waals surface area contributed by atoms with E-state index in [0.717, 1.165) is 47.8 Å². The number of nitrogens with one attached hydrogen (secondary N) is 1. The summed E-state index contributed by atoms with van der Waals surface area (Å²) in [6.45, 7) is 3.20. The number of rotatable bonds is 5. The SMILES string of the molecule is CN(C)C(=O)N[C@H]1CC[C@H](CCN2CCN(c3nsc4ccc(F)cc34)C3CCC32)CC1. The molecule has 6 nitrogen and oxygen atoms in total. The molecule has 2 aliphatic carbocycles. The lowest BCUT2D eigenvalue weighted by Crippen LogP contribution is -2.65. The van der Waals surface area contributed by atoms with Crippen LogP contribution in [0.4, 0.5) is 15.0 Å². The molecule has 1 saturated heterocycles. The number of urea groups is 1. The molecule has 1 aromatic heterocycles. The number of fused-ring (bicyclic) bond motifs is 2. The van der Waals surface area contributed by atoms with Crippen LogP contribution in [0.25, 0.3) is 10.1 Å². The van der Waals surface area contributed by atoms with E-state index in [4.69, 9.17) is 4.37 Å². The first kappa shape index (κ1) is 21.9. The topological polar surface area (TPSA) is 51.7 Å². The minimum absolute atomic E-state index is 0.0259. The number of carbonyl (C=O) groups is 1. The molecule has 8 heteroatoms. The number of halogens is 1. The molecule has 1 aliphatic heterocycles. The van der Waals surface area contributed by atoms with Crippen LogP contribution in [0.5, 0.6) is 0 Å². The lowest BCUT2D eigenvalue weighted by molar-refractivity contribution is 0.0646. The van der Waals surface area contributed by atoms with Gasteiger partial charge in [0.2, 0.25) is 0 Å². The van der Waals surface area contributed by atoms with Crippen molar-refractivity contribution in [3.8, 4) is 0 Å². The highest BCUT2D eigenvalue weighted by molar-refractivity contribution is 7.13. The number of nitrogens with zero attached hydrogens (tertiary/aromatic N) is 4. The third-order valence-corrected chi connectivity index (χ3v) is 8.61. The summed E-state index contributed by atoms with van der Waals surface area (Å²) >= 11 is 1.48. The van der Waals surface area contributed by atoms with Crippen molar-refractivity contribution < 1.29 is 9.18 Å². The summed E-state index contributed by atoms with van der Waals surface area (Å²) in [6.07, 6.45) is 8.32. The van der Waals surface area contributed by atoms with Gasteiger partial charge in [0, 0.05) is 50.7 Å². The Bertz CT molecular complexity index is 957. The van der Waals surface area contributed by atoms with Gasteiger partial charge in [-0.05, 0) is 87.1 Å². The predicted molar refractivity (Wildman–Crippen MR) is 128 cm³/mol. The van der Waals surface area contributed by atoms with Crippen LogP contribution in [0.3, 0.4) is 0 Å². The van der Waals surface area contributed by atoms with Gasteiger partial charge in [0.05, 0.1) is 4.70 Å². The Morgan fingerprint density at radius 3 is 2.66 bits per heavy atom. The molecule has 32 heavy (non-hydrogen) atoms. The summed E-state index contributed by atoms with van der Waals surface area (Å²) in [6, 6.07) is 6.49. The number of carbonyl (C=O) groups excluding carboxylic acids is 1. The summed E-state index contributed by atoms with van der Waals surface area (Å²) in [4.78, 5) is 18.6. The number of anilines is 1. The summed E-state index contributed by atoms with van der Waals surface area (Å²) in [5.74, 6) is 1.57. The van der Waals surface area contributed by atoms with E-state index in [-0.39, 0.29) is 11.8 Å². The van der Waals surface area contributed by atoms with E-state index >= 15 is 0 Å². The highest BCUT2D eigenvalue weighted by Gasteiger charge is 2.43. The highest BCUT2D eigenvalue weighted by atomic mass is 32.1. The molecule has 3 fully saturated rings. The van der Waals surface area contributed by atoms with E-state index in [9.17, 15) is 9.18 Å². The molecule has 1 aromatic carbocycles. The summed E-state index contributed by atoms with van der Waals surface area (Å²) in [7, 11) is 3.59. The van der Waals surface area contributed by atoms with E-state index in [1.54, 1.807) is 25.1 Å². The lowest BCUT2D eigenvalue weighted by Gasteiger charge is -2.54. The molecule has 3 aliphatic rings. The van der Waals surface area contributed by atoms with E-state index in [2.05, 4.69) is 15.1 Å². The first-order chi connectivity index (χ1) is 15.5. The van der Waals surface area contributed by atoms with Crippen molar-refractivity contribution in [2.45, 2.75) is 63.1 Å². The largest absolute Gasteiger partial charge is 0.349 e. The van der Waals surface area contributed by atoms with E-state index in [0.29, 0.717) is 18.1 Å². The van der Waals surface area contributed by atoms with Crippen LogP contribution in [0.2, 0.25) is 0 Å². The third kappa shape index (κ3) is 4.31. The van der Waals surface area contributed by atoms with E-state index in [1.165, 1.54) is 56.2 Å². The van der Waals surface area contributed by atoms with Crippen molar-refractivity contribution in [3.05, 3.63) is 24.0 Å². The lowest BCUT2D eigenvalue weighted by atomic mass is 9.80. The smallest absolute Gasteiger partial charge is 0.317 e. The first-order valence-corrected chi connectivity index (χ1v) is 12.8. The van der Waals surface area contributed by atoms with Crippen LogP contribution < -0.4 is 10.2 Å². The minimum atomic E-state index is -0.182. The van der Waals surface area contributed by atoms with Crippen molar-refractivity contribution in [1.29, 1.82) is 0 Å². The maximum Gasteiger partial charge on any atom is 0.317 e. The monoisotopic (exact) mass is 459 g/mol. The Hall–Kier alpha value is -1.93. The Labute approximate surface area is 193 Å². The highest BCUT2D eigenvalue weighted by Crippen LogP contribution is 2.40. The average Bonchev–Trinajstić information content (AvgIpc) is 3.16. The predicted octanol–water partition coefficient (Wildman–Crippen LogP) is 4.31. The quantitative estimate of drug-likeness (QED) is 0.724. The van der Waals surface area contributed by atoms with Gasteiger partial charge in [-0.15, -0.1) is 0 Å². The van der Waals surface area contributed by atoms with Crippen LogP contribution >= 0.6 is 11.5 Å². The molecule has 5 rings (SSSR count). The first-order valence-electron chi connectivity index (χ1n) is 12.0. The van der Waals surface area contributed by atoms with Crippen LogP contribution in [0.1, 0.15) is 44.9 Å². The second kappa shape index (κ2) is 9.14. The normalized spacial score (nSPS) is 28.3. The van der Waals surface area contributed by atoms with Gasteiger partial charge >= 0.3 is 6.03 Å². The minimum Gasteiger partial charge on any atom is -0.349 e. The molecule has 2 atom stereocenters. The van der Waals surface area contributed by atoms with Crippen molar-refractivity contribution >= 4 is 33.5 Å². The molecule has 2 amide bonds. The molecule has 0 radical (unpaired) electrons. The molecule has 2 unspecified atom stereocenters. The van der Waals surface area contributed by atoms with Gasteiger partial charge in [-0.3, -0.25) is 4.90 Å². The Kier molecular flexibility index (Phi) is 6.25. The zero-order valence-electron chi connectivity index (χ0n) is 19.1. The third-order valence-electron chi connectivity index (χ3n) is 7.79. The second-order valence-electron chi connectivity index (χ2n) is 9.94. The number of benzene rings is 1. The van der Waals surface area contributed by atoms with Gasteiger partial charge in [-0.25, -0.2) is 9.18 Å². The van der Waals surface area contributed by atoms with Crippen molar-refractivity contribution in [3.63, 3.8) is 0 Å². The number of hydrogen-bond acceptors (Lipinski definition) is 5. The maximum atomic E-state index is 13.8. The van der Waals surface area contributed by atoms with Crippen LogP contribution in [-0.2, 0) is 0 Å². The standard InChI is InChI=1S/C24H34FN5OS/c1-28(2)24(31)26-18-6-3-16(4-7-18)11-12-29-13-14-30(21-9-8-20(21)29)23-19-15-17(25)5-10-22(19)32-27-23/h5,10,15-16,18,20-21H,3-4,6-9,11-14H2,1-2H3,(H,26,31)/t16-,18-,20?,21?. The molecule has 174 valence electrons. The Balaban J connectivity index is 1.13. The Morgan fingerprint density at radius 2 is 1.94 bits per heavy atom. The van der Waals surface area contributed by atoms with Crippen molar-refractivity contribution in [2.75, 3.05) is 38.6 Å². The molecule has 2 saturated carbocycles. The molecule has 1 N–H and O–H groups in total. The molecule has 0 bridgehead atoms. The fourth-order valence-electron chi connectivity index (χ4n) is 5.72. The zero-order chi connectivity index (χ0) is 22.2. The average molecular weight is 460 g/mol. The number of hydrogen-bond donors (Lipinski definition) is 1. The van der Waals surface area contributed by atoms with Crippen LogP contribution in [0, 0.1) is 11.7 Å². The van der Waals surface area contributed by atoms with E-state index < -0.39 is 0 Å². The molecular formula is C24H34FN5OS. The van der Waals surface area contributed by atoms with Crippen molar-refractivity contribution in [1.82, 2.24) is 19.5 Å². The van der Waals surface area contributed by atoms with Gasteiger partial charge in [0.15, 0.2) is 5.82 Å². The van der Waals surface area contributed by atoms with Gasteiger partial charge in [0.1, 0.15) is 5.82 Å². The zero-order valence-corrected chi connectivity index (χ0v) is 19.9. The summed E-state index contributed by atoms with van der Waals surface area (Å²) in [5, 5.41) is 4.11. The molecule has 0 spiro atoms. The number of piperazine rings is 1. The van der Waals surface area contributed by atoms with Gasteiger partial charge in [0.25, 0.3) is 0 Å². The van der Waals surface area contributed by atoms with Crippen molar-refractivity contribution in [2.24, 2.45) is 5.92 Å². The van der Waals surface area contributed by atoms with Gasteiger partial charge < -0.3 is 15.1 Å². The van der Waals surface area contributed by atoms with Crippen LogP contribution in [0.15, 0.2) is 18.2 Å². The number of amides is 2. The fourth-order valence-corrected chi connectivity index (χ4v) is 6.48.